The van der Waals surface area contributed by atoms with Crippen molar-refractivity contribution in [1.29, 1.82) is 0 Å². The molecule has 2 N–H and O–H groups in total. The van der Waals surface area contributed by atoms with Crippen molar-refractivity contribution in [2.24, 2.45) is 11.3 Å². The highest BCUT2D eigenvalue weighted by atomic mass is 79.9. The van der Waals surface area contributed by atoms with Crippen LogP contribution in [0.2, 0.25) is 0 Å². The van der Waals surface area contributed by atoms with Crippen LogP contribution >= 0.6 is 15.9 Å². The number of aromatic hydroxyl groups is 1. The molecular formula is C14H22BrNO. The predicted molar refractivity (Wildman–Crippen MR) is 76.1 cm³/mol. The summed E-state index contributed by atoms with van der Waals surface area (Å²) in [5.41, 5.74) is 1.51. The zero-order chi connectivity index (χ0) is 13.1. The van der Waals surface area contributed by atoms with E-state index in [0.29, 0.717) is 11.3 Å². The van der Waals surface area contributed by atoms with Gasteiger partial charge in [0, 0.05) is 6.54 Å². The van der Waals surface area contributed by atoms with Crippen molar-refractivity contribution in [2.75, 3.05) is 6.54 Å². The fourth-order valence-electron chi connectivity index (χ4n) is 1.40. The zero-order valence-corrected chi connectivity index (χ0v) is 12.6. The Morgan fingerprint density at radius 1 is 1.35 bits per heavy atom. The molecule has 0 bridgehead atoms. The highest BCUT2D eigenvalue weighted by molar-refractivity contribution is 9.10. The van der Waals surface area contributed by atoms with E-state index in [2.05, 4.69) is 48.9 Å². The lowest BCUT2D eigenvalue weighted by Crippen LogP contribution is -2.29. The van der Waals surface area contributed by atoms with E-state index in [1.807, 2.05) is 12.1 Å². The number of halogens is 1. The van der Waals surface area contributed by atoms with Crippen LogP contribution < -0.4 is 5.32 Å². The molecule has 0 aliphatic rings. The summed E-state index contributed by atoms with van der Waals surface area (Å²) in [5, 5.41) is 12.8. The molecule has 1 rings (SSSR count). The summed E-state index contributed by atoms with van der Waals surface area (Å²) in [6, 6.07) is 5.60. The highest BCUT2D eigenvalue weighted by Crippen LogP contribution is 2.25. The summed E-state index contributed by atoms with van der Waals surface area (Å²) in [4.78, 5) is 0. The molecule has 1 atom stereocenters. The number of nitrogens with one attached hydrogen (secondary N) is 1. The molecule has 1 aromatic carbocycles. The van der Waals surface area contributed by atoms with E-state index in [1.54, 1.807) is 6.07 Å². The highest BCUT2D eigenvalue weighted by Gasteiger charge is 2.19. The second-order valence-electron chi connectivity index (χ2n) is 5.68. The van der Waals surface area contributed by atoms with Crippen LogP contribution in [0.15, 0.2) is 22.7 Å². The minimum Gasteiger partial charge on any atom is -0.507 e. The van der Waals surface area contributed by atoms with Crippen LogP contribution in [-0.4, -0.2) is 11.7 Å². The van der Waals surface area contributed by atoms with Gasteiger partial charge in [0.15, 0.2) is 0 Å². The molecule has 1 unspecified atom stereocenters. The van der Waals surface area contributed by atoms with E-state index >= 15 is 0 Å². The zero-order valence-electron chi connectivity index (χ0n) is 11.0. The number of phenolic OH excluding ortho intramolecular Hbond substituents is 1. The van der Waals surface area contributed by atoms with Crippen LogP contribution in [0.4, 0.5) is 0 Å². The van der Waals surface area contributed by atoms with Gasteiger partial charge in [-0.1, -0.05) is 33.8 Å². The number of hydrogen-bond acceptors (Lipinski definition) is 2. The molecule has 3 heteroatoms. The lowest BCUT2D eigenvalue weighted by Gasteiger charge is -2.27. The second kappa shape index (κ2) is 5.87. The maximum atomic E-state index is 9.40. The lowest BCUT2D eigenvalue weighted by atomic mass is 9.82. The molecule has 0 saturated heterocycles. The Kier molecular flexibility index (Phi) is 5.02. The average Bonchev–Trinajstić information content (AvgIpc) is 2.22. The maximum Gasteiger partial charge on any atom is 0.129 e. The molecule has 0 saturated carbocycles. The number of benzene rings is 1. The van der Waals surface area contributed by atoms with E-state index in [0.717, 1.165) is 17.6 Å². The van der Waals surface area contributed by atoms with Crippen LogP contribution in [0.5, 0.6) is 5.75 Å². The van der Waals surface area contributed by atoms with Crippen molar-refractivity contribution in [3.63, 3.8) is 0 Å². The van der Waals surface area contributed by atoms with Crippen LogP contribution in [0.1, 0.15) is 33.3 Å². The van der Waals surface area contributed by atoms with Gasteiger partial charge in [-0.2, -0.15) is 0 Å². The SMILES string of the molecule is CC(CNCc1ccc(O)c(Br)c1)C(C)(C)C. The first kappa shape index (κ1) is 14.5. The Hall–Kier alpha value is -0.540. The van der Waals surface area contributed by atoms with Gasteiger partial charge in [-0.15, -0.1) is 0 Å². The van der Waals surface area contributed by atoms with Crippen LogP contribution in [-0.2, 0) is 6.54 Å². The first-order valence-electron chi connectivity index (χ1n) is 5.99. The largest absolute Gasteiger partial charge is 0.507 e. The number of rotatable bonds is 4. The molecule has 96 valence electrons. The Labute approximate surface area is 113 Å². The molecule has 0 fully saturated rings. The van der Waals surface area contributed by atoms with Gasteiger partial charge in [0.25, 0.3) is 0 Å². The van der Waals surface area contributed by atoms with Crippen molar-refractivity contribution in [2.45, 2.75) is 34.2 Å². The normalized spacial score (nSPS) is 13.7. The van der Waals surface area contributed by atoms with Crippen LogP contribution in [0.25, 0.3) is 0 Å². The Morgan fingerprint density at radius 2 is 2.00 bits per heavy atom. The number of hydrogen-bond donors (Lipinski definition) is 2. The van der Waals surface area contributed by atoms with E-state index in [1.165, 1.54) is 5.56 Å². The van der Waals surface area contributed by atoms with E-state index in [-0.39, 0.29) is 5.75 Å². The molecule has 17 heavy (non-hydrogen) atoms. The smallest absolute Gasteiger partial charge is 0.129 e. The maximum absolute atomic E-state index is 9.40. The lowest BCUT2D eigenvalue weighted by molar-refractivity contribution is 0.252. The summed E-state index contributed by atoms with van der Waals surface area (Å²) >= 11 is 3.32. The Morgan fingerprint density at radius 3 is 2.53 bits per heavy atom. The molecule has 0 amide bonds. The molecule has 0 aliphatic carbocycles. The molecule has 2 nitrogen and oxygen atoms in total. The van der Waals surface area contributed by atoms with Gasteiger partial charge >= 0.3 is 0 Å². The van der Waals surface area contributed by atoms with E-state index in [4.69, 9.17) is 0 Å². The minimum absolute atomic E-state index is 0.289. The van der Waals surface area contributed by atoms with Crippen LogP contribution in [0, 0.1) is 11.3 Å². The standard InChI is InChI=1S/C14H22BrNO/c1-10(14(2,3)4)8-16-9-11-5-6-13(17)12(15)7-11/h5-7,10,16-17H,8-9H2,1-4H3. The fraction of sp³-hybridized carbons (Fsp3) is 0.571. The van der Waals surface area contributed by atoms with Crippen molar-refractivity contribution in [3.05, 3.63) is 28.2 Å². The van der Waals surface area contributed by atoms with Gasteiger partial charge in [0.2, 0.25) is 0 Å². The average molecular weight is 300 g/mol. The van der Waals surface area contributed by atoms with Gasteiger partial charge in [0.1, 0.15) is 5.75 Å². The van der Waals surface area contributed by atoms with E-state index < -0.39 is 0 Å². The Balaban J connectivity index is 2.44. The first-order chi connectivity index (χ1) is 7.80. The van der Waals surface area contributed by atoms with Crippen molar-refractivity contribution in [3.8, 4) is 5.75 Å². The summed E-state index contributed by atoms with van der Waals surface area (Å²) in [6.45, 7) is 10.9. The van der Waals surface area contributed by atoms with Gasteiger partial charge < -0.3 is 10.4 Å². The van der Waals surface area contributed by atoms with Crippen molar-refractivity contribution < 1.29 is 5.11 Å². The summed E-state index contributed by atoms with van der Waals surface area (Å²) in [7, 11) is 0. The first-order valence-corrected chi connectivity index (χ1v) is 6.78. The van der Waals surface area contributed by atoms with Gasteiger partial charge in [-0.25, -0.2) is 0 Å². The van der Waals surface area contributed by atoms with E-state index in [9.17, 15) is 5.11 Å². The molecule has 0 spiro atoms. The van der Waals surface area contributed by atoms with Gasteiger partial charge in [-0.3, -0.25) is 0 Å². The summed E-state index contributed by atoms with van der Waals surface area (Å²) in [5.74, 6) is 0.917. The summed E-state index contributed by atoms with van der Waals surface area (Å²) in [6.07, 6.45) is 0. The third kappa shape index (κ3) is 4.68. The van der Waals surface area contributed by atoms with Gasteiger partial charge in [0.05, 0.1) is 4.47 Å². The third-order valence-corrected chi connectivity index (χ3v) is 3.91. The topological polar surface area (TPSA) is 32.3 Å². The fourth-order valence-corrected chi connectivity index (χ4v) is 1.83. The van der Waals surface area contributed by atoms with Crippen molar-refractivity contribution >= 4 is 15.9 Å². The van der Waals surface area contributed by atoms with Gasteiger partial charge in [-0.05, 0) is 51.5 Å². The second-order valence-corrected chi connectivity index (χ2v) is 6.54. The molecule has 0 radical (unpaired) electrons. The number of phenols is 1. The molecule has 0 aliphatic heterocycles. The molecule has 0 heterocycles. The molecule has 1 aromatic rings. The quantitative estimate of drug-likeness (QED) is 0.883. The minimum atomic E-state index is 0.289. The van der Waals surface area contributed by atoms with Crippen LogP contribution in [0.3, 0.4) is 0 Å². The Bertz CT molecular complexity index is 371. The third-order valence-electron chi connectivity index (χ3n) is 3.27. The molecular weight excluding hydrogens is 278 g/mol. The predicted octanol–water partition coefficient (Wildman–Crippen LogP) is 3.93. The monoisotopic (exact) mass is 299 g/mol. The van der Waals surface area contributed by atoms with Crippen molar-refractivity contribution in [1.82, 2.24) is 5.32 Å². The summed E-state index contributed by atoms with van der Waals surface area (Å²) < 4.78 is 0.751. The molecule has 0 aromatic heterocycles.